The number of nitrogens with two attached hydrogens (primary N) is 1. The predicted molar refractivity (Wildman–Crippen MR) is 73.1 cm³/mol. The van der Waals surface area contributed by atoms with E-state index in [0.717, 1.165) is 5.69 Å². The molecule has 0 heterocycles. The van der Waals surface area contributed by atoms with Gasteiger partial charge in [-0.05, 0) is 29.8 Å². The van der Waals surface area contributed by atoms with Crippen LogP contribution in [-0.2, 0) is 16.7 Å². The molecule has 0 saturated heterocycles. The van der Waals surface area contributed by atoms with Crippen LogP contribution in [0, 0.1) is 0 Å². The number of anilines is 1. The lowest BCUT2D eigenvalue weighted by Gasteiger charge is -2.18. The molecule has 0 aliphatic heterocycles. The van der Waals surface area contributed by atoms with E-state index in [1.54, 1.807) is 12.1 Å². The Kier molecular flexibility index (Phi) is 3.84. The van der Waals surface area contributed by atoms with E-state index in [2.05, 4.69) is 0 Å². The fourth-order valence-corrected chi connectivity index (χ4v) is 2.26. The molecule has 19 heavy (non-hydrogen) atoms. The molecule has 0 saturated carbocycles. The summed E-state index contributed by atoms with van der Waals surface area (Å²) in [6, 6.07) is 15.4. The lowest BCUT2D eigenvalue weighted by atomic mass is 10.2. The number of hydrogen-bond donors (Lipinski definition) is 2. The molecule has 2 aromatic carbocycles. The maximum absolute atomic E-state index is 11.1. The molecule has 0 atom stereocenters. The van der Waals surface area contributed by atoms with Crippen LogP contribution in [0.3, 0.4) is 0 Å². The van der Waals surface area contributed by atoms with Crippen molar-refractivity contribution < 1.29 is 13.0 Å². The molecule has 0 aromatic heterocycles. The SMILES string of the molecule is NN(Cc1cccc(S(=O)(=O)O)c1)c1ccccc1. The van der Waals surface area contributed by atoms with E-state index in [1.165, 1.54) is 17.1 Å². The van der Waals surface area contributed by atoms with Crippen molar-refractivity contribution in [3.8, 4) is 0 Å². The first-order valence-corrected chi connectivity index (χ1v) is 7.04. The van der Waals surface area contributed by atoms with Gasteiger partial charge in [-0.3, -0.25) is 4.55 Å². The lowest BCUT2D eigenvalue weighted by Crippen LogP contribution is -2.29. The summed E-state index contributed by atoms with van der Waals surface area (Å²) in [4.78, 5) is -0.133. The van der Waals surface area contributed by atoms with E-state index in [4.69, 9.17) is 10.4 Å². The zero-order valence-corrected chi connectivity index (χ0v) is 10.9. The standard InChI is InChI=1S/C13H14N2O3S/c14-15(12-6-2-1-3-7-12)10-11-5-4-8-13(9-11)19(16,17)18/h1-9H,10,14H2,(H,16,17,18). The van der Waals surface area contributed by atoms with Gasteiger partial charge in [-0.25, -0.2) is 5.84 Å². The quantitative estimate of drug-likeness (QED) is 0.506. The van der Waals surface area contributed by atoms with Crippen LogP contribution in [0.2, 0.25) is 0 Å². The van der Waals surface area contributed by atoms with Crippen LogP contribution >= 0.6 is 0 Å². The van der Waals surface area contributed by atoms with Crippen molar-refractivity contribution in [1.82, 2.24) is 0 Å². The number of para-hydroxylation sites is 1. The summed E-state index contributed by atoms with van der Waals surface area (Å²) in [6.45, 7) is 0.341. The van der Waals surface area contributed by atoms with Crippen LogP contribution in [0.1, 0.15) is 5.56 Å². The monoisotopic (exact) mass is 278 g/mol. The van der Waals surface area contributed by atoms with Crippen LogP contribution in [0.4, 0.5) is 5.69 Å². The molecule has 2 rings (SSSR count). The van der Waals surface area contributed by atoms with E-state index in [1.807, 2.05) is 30.3 Å². The minimum Gasteiger partial charge on any atom is -0.307 e. The molecule has 5 nitrogen and oxygen atoms in total. The Hall–Kier alpha value is -1.89. The number of hydrazine groups is 1. The Morgan fingerprint density at radius 3 is 2.37 bits per heavy atom. The molecule has 2 aromatic rings. The van der Waals surface area contributed by atoms with Crippen LogP contribution in [0.25, 0.3) is 0 Å². The van der Waals surface area contributed by atoms with Gasteiger partial charge in [0.25, 0.3) is 10.1 Å². The normalized spacial score (nSPS) is 11.3. The third-order valence-electron chi connectivity index (χ3n) is 2.64. The third-order valence-corrected chi connectivity index (χ3v) is 3.49. The summed E-state index contributed by atoms with van der Waals surface area (Å²) in [7, 11) is -4.19. The van der Waals surface area contributed by atoms with E-state index >= 15 is 0 Å². The third kappa shape index (κ3) is 3.54. The molecule has 0 amide bonds. The second-order valence-electron chi connectivity index (χ2n) is 4.09. The number of rotatable bonds is 4. The predicted octanol–water partition coefficient (Wildman–Crippen LogP) is 1.81. The van der Waals surface area contributed by atoms with E-state index in [9.17, 15) is 8.42 Å². The molecule has 100 valence electrons. The maximum atomic E-state index is 11.1. The molecule has 0 spiro atoms. The molecule has 3 N–H and O–H groups in total. The molecular weight excluding hydrogens is 264 g/mol. The molecular formula is C13H14N2O3S. The zero-order valence-electron chi connectivity index (χ0n) is 10.1. The van der Waals surface area contributed by atoms with Crippen molar-refractivity contribution in [3.63, 3.8) is 0 Å². The lowest BCUT2D eigenvalue weighted by molar-refractivity contribution is 0.483. The van der Waals surface area contributed by atoms with Gasteiger partial charge >= 0.3 is 0 Å². The van der Waals surface area contributed by atoms with Crippen LogP contribution in [0.15, 0.2) is 59.5 Å². The van der Waals surface area contributed by atoms with E-state index < -0.39 is 10.1 Å². The number of nitrogens with zero attached hydrogens (tertiary/aromatic N) is 1. The van der Waals surface area contributed by atoms with Crippen LogP contribution in [0.5, 0.6) is 0 Å². The van der Waals surface area contributed by atoms with Gasteiger partial charge in [0, 0.05) is 0 Å². The zero-order chi connectivity index (χ0) is 13.9. The minimum atomic E-state index is -4.19. The highest BCUT2D eigenvalue weighted by Crippen LogP contribution is 2.15. The van der Waals surface area contributed by atoms with Gasteiger partial charge in [-0.1, -0.05) is 30.3 Å². The summed E-state index contributed by atoms with van der Waals surface area (Å²) in [6.07, 6.45) is 0. The van der Waals surface area contributed by atoms with Gasteiger partial charge in [0.1, 0.15) is 0 Å². The summed E-state index contributed by atoms with van der Waals surface area (Å²) < 4.78 is 31.1. The van der Waals surface area contributed by atoms with Gasteiger partial charge in [-0.2, -0.15) is 8.42 Å². The molecule has 6 heteroatoms. The maximum Gasteiger partial charge on any atom is 0.294 e. The van der Waals surface area contributed by atoms with E-state index in [0.29, 0.717) is 12.1 Å². The van der Waals surface area contributed by atoms with Crippen molar-refractivity contribution in [2.75, 3.05) is 5.01 Å². The van der Waals surface area contributed by atoms with Gasteiger partial charge in [0.2, 0.25) is 0 Å². The molecule has 0 aliphatic rings. The van der Waals surface area contributed by atoms with Crippen molar-refractivity contribution in [3.05, 3.63) is 60.2 Å². The largest absolute Gasteiger partial charge is 0.307 e. The van der Waals surface area contributed by atoms with Crippen LogP contribution in [-0.4, -0.2) is 13.0 Å². The second kappa shape index (κ2) is 5.40. The first kappa shape index (κ1) is 13.5. The summed E-state index contributed by atoms with van der Waals surface area (Å²) in [5.41, 5.74) is 1.52. The Labute approximate surface area is 112 Å². The highest BCUT2D eigenvalue weighted by atomic mass is 32.2. The number of benzene rings is 2. The topological polar surface area (TPSA) is 83.6 Å². The van der Waals surface area contributed by atoms with Crippen LogP contribution < -0.4 is 10.9 Å². The summed E-state index contributed by atoms with van der Waals surface area (Å²) >= 11 is 0. The van der Waals surface area contributed by atoms with Crippen molar-refractivity contribution in [2.24, 2.45) is 5.84 Å². The Morgan fingerprint density at radius 2 is 1.74 bits per heavy atom. The minimum absolute atomic E-state index is 0.133. The Balaban J connectivity index is 2.20. The highest BCUT2D eigenvalue weighted by Gasteiger charge is 2.10. The van der Waals surface area contributed by atoms with E-state index in [-0.39, 0.29) is 4.90 Å². The highest BCUT2D eigenvalue weighted by molar-refractivity contribution is 7.85. The smallest absolute Gasteiger partial charge is 0.294 e. The first-order chi connectivity index (χ1) is 8.97. The molecule has 0 aliphatic carbocycles. The Bertz CT molecular complexity index is 657. The Morgan fingerprint density at radius 1 is 1.05 bits per heavy atom. The molecule has 0 bridgehead atoms. The molecule has 0 unspecified atom stereocenters. The van der Waals surface area contributed by atoms with Crippen molar-refractivity contribution in [1.29, 1.82) is 0 Å². The molecule has 0 radical (unpaired) electrons. The summed E-state index contributed by atoms with van der Waals surface area (Å²) in [5, 5.41) is 1.50. The van der Waals surface area contributed by atoms with Crippen molar-refractivity contribution in [2.45, 2.75) is 11.4 Å². The average molecular weight is 278 g/mol. The average Bonchev–Trinajstić information content (AvgIpc) is 2.39. The fourth-order valence-electron chi connectivity index (χ4n) is 1.71. The fraction of sp³-hybridized carbons (Fsp3) is 0.0769. The van der Waals surface area contributed by atoms with Gasteiger partial charge in [0.05, 0.1) is 17.1 Å². The van der Waals surface area contributed by atoms with Gasteiger partial charge in [0.15, 0.2) is 0 Å². The van der Waals surface area contributed by atoms with Gasteiger partial charge in [-0.15, -0.1) is 0 Å². The number of hydrogen-bond acceptors (Lipinski definition) is 4. The summed E-state index contributed by atoms with van der Waals surface area (Å²) in [5.74, 6) is 5.91. The second-order valence-corrected chi connectivity index (χ2v) is 5.51. The first-order valence-electron chi connectivity index (χ1n) is 5.60. The molecule has 0 fully saturated rings. The van der Waals surface area contributed by atoms with Gasteiger partial charge < -0.3 is 5.01 Å². The van der Waals surface area contributed by atoms with Crippen molar-refractivity contribution >= 4 is 15.8 Å².